The highest BCUT2D eigenvalue weighted by Crippen LogP contribution is 2.62. The lowest BCUT2D eigenvalue weighted by Gasteiger charge is -2.17. The maximum Gasteiger partial charge on any atom is 0.309 e. The fraction of sp³-hybridized carbons (Fsp3) is 0.692. The van der Waals surface area contributed by atoms with Gasteiger partial charge in [-0.15, -0.1) is 0 Å². The zero-order chi connectivity index (χ0) is 15.7. The summed E-state index contributed by atoms with van der Waals surface area (Å²) in [5, 5.41) is -0.843. The Bertz CT molecular complexity index is 444. The average Bonchev–Trinajstić information content (AvgIpc) is 2.88. The van der Waals surface area contributed by atoms with Gasteiger partial charge in [0.25, 0.3) is 6.08 Å². The molecule has 0 radical (unpaired) electrons. The molecule has 0 spiro atoms. The van der Waals surface area contributed by atoms with E-state index in [1.807, 2.05) is 0 Å². The van der Waals surface area contributed by atoms with Crippen molar-refractivity contribution in [2.75, 3.05) is 6.61 Å². The standard InChI is InChI=1S/C13H17ClF2O4/c1-5-19-12(18)8-7(13(8,3)4)10(20-6(2)17)9(14)11(15)16/h7-8,10H,5H2,1-4H3/t7-,8-,10?/m1/s1. The van der Waals surface area contributed by atoms with Gasteiger partial charge in [0.1, 0.15) is 11.1 Å². The van der Waals surface area contributed by atoms with Crippen molar-refractivity contribution in [3.63, 3.8) is 0 Å². The monoisotopic (exact) mass is 310 g/mol. The largest absolute Gasteiger partial charge is 0.466 e. The van der Waals surface area contributed by atoms with Gasteiger partial charge in [-0.3, -0.25) is 9.59 Å². The molecule has 0 bridgehead atoms. The molecule has 114 valence electrons. The number of carbonyl (C=O) groups is 2. The molecule has 4 nitrogen and oxygen atoms in total. The topological polar surface area (TPSA) is 52.6 Å². The minimum Gasteiger partial charge on any atom is -0.466 e. The fourth-order valence-electron chi connectivity index (χ4n) is 2.49. The number of esters is 2. The molecule has 1 fully saturated rings. The zero-order valence-electron chi connectivity index (χ0n) is 11.7. The van der Waals surface area contributed by atoms with Crippen molar-refractivity contribution < 1.29 is 27.8 Å². The third-order valence-corrected chi connectivity index (χ3v) is 3.86. The van der Waals surface area contributed by atoms with Crippen molar-refractivity contribution in [2.24, 2.45) is 17.3 Å². The van der Waals surface area contributed by atoms with Gasteiger partial charge in [0, 0.05) is 12.8 Å². The molecular formula is C13H17ClF2O4. The summed E-state index contributed by atoms with van der Waals surface area (Å²) in [5.41, 5.74) is -0.623. The van der Waals surface area contributed by atoms with Gasteiger partial charge in [-0.05, 0) is 12.3 Å². The Morgan fingerprint density at radius 1 is 1.35 bits per heavy atom. The molecule has 0 aromatic rings. The smallest absolute Gasteiger partial charge is 0.309 e. The molecule has 1 aliphatic carbocycles. The predicted octanol–water partition coefficient (Wildman–Crippen LogP) is 3.10. The molecule has 7 heteroatoms. The van der Waals surface area contributed by atoms with E-state index in [1.54, 1.807) is 20.8 Å². The van der Waals surface area contributed by atoms with Crippen molar-refractivity contribution in [2.45, 2.75) is 33.8 Å². The van der Waals surface area contributed by atoms with E-state index >= 15 is 0 Å². The maximum atomic E-state index is 12.7. The highest BCUT2D eigenvalue weighted by molar-refractivity contribution is 6.30. The normalized spacial score (nSPS) is 24.6. The highest BCUT2D eigenvalue weighted by Gasteiger charge is 2.67. The Hall–Kier alpha value is -1.17. The van der Waals surface area contributed by atoms with Gasteiger partial charge in [-0.2, -0.15) is 8.78 Å². The number of ether oxygens (including phenoxy) is 2. The molecular weight excluding hydrogens is 294 g/mol. The van der Waals surface area contributed by atoms with Crippen LogP contribution in [0.3, 0.4) is 0 Å². The summed E-state index contributed by atoms with van der Waals surface area (Å²) in [5.74, 6) is -2.48. The Balaban J connectivity index is 3.01. The molecule has 1 aliphatic rings. The van der Waals surface area contributed by atoms with E-state index in [-0.39, 0.29) is 6.61 Å². The Labute approximate surface area is 121 Å². The van der Waals surface area contributed by atoms with Crippen LogP contribution < -0.4 is 0 Å². The van der Waals surface area contributed by atoms with Gasteiger partial charge in [-0.1, -0.05) is 25.4 Å². The number of rotatable bonds is 5. The third kappa shape index (κ3) is 3.29. The van der Waals surface area contributed by atoms with Crippen LogP contribution in [0, 0.1) is 17.3 Å². The molecule has 0 amide bonds. The Morgan fingerprint density at radius 3 is 2.30 bits per heavy atom. The van der Waals surface area contributed by atoms with E-state index in [0.29, 0.717) is 0 Å². The van der Waals surface area contributed by atoms with Crippen LogP contribution in [0.4, 0.5) is 8.78 Å². The summed E-state index contributed by atoms with van der Waals surface area (Å²) in [6, 6.07) is 0. The summed E-state index contributed by atoms with van der Waals surface area (Å²) in [6.07, 6.45) is -3.45. The lowest BCUT2D eigenvalue weighted by atomic mass is 10.1. The second-order valence-corrected chi connectivity index (χ2v) is 5.62. The van der Waals surface area contributed by atoms with Gasteiger partial charge in [0.15, 0.2) is 0 Å². The first-order valence-corrected chi connectivity index (χ1v) is 6.56. The van der Waals surface area contributed by atoms with Gasteiger partial charge in [0.05, 0.1) is 12.5 Å². The molecule has 3 atom stereocenters. The van der Waals surface area contributed by atoms with Crippen LogP contribution in [0.15, 0.2) is 11.1 Å². The van der Waals surface area contributed by atoms with Crippen LogP contribution >= 0.6 is 11.6 Å². The highest BCUT2D eigenvalue weighted by atomic mass is 35.5. The fourth-order valence-corrected chi connectivity index (χ4v) is 2.67. The summed E-state index contributed by atoms with van der Waals surface area (Å²) in [7, 11) is 0. The van der Waals surface area contributed by atoms with Gasteiger partial charge in [0.2, 0.25) is 0 Å². The molecule has 20 heavy (non-hydrogen) atoms. The van der Waals surface area contributed by atoms with Crippen molar-refractivity contribution >= 4 is 23.5 Å². The molecule has 1 rings (SSSR count). The van der Waals surface area contributed by atoms with E-state index in [1.165, 1.54) is 0 Å². The lowest BCUT2D eigenvalue weighted by molar-refractivity contribution is -0.149. The van der Waals surface area contributed by atoms with Crippen LogP contribution in [0.5, 0.6) is 0 Å². The first-order valence-electron chi connectivity index (χ1n) is 6.19. The molecule has 0 N–H and O–H groups in total. The summed E-state index contributed by atoms with van der Waals surface area (Å²) in [4.78, 5) is 22.9. The van der Waals surface area contributed by atoms with Crippen molar-refractivity contribution in [1.82, 2.24) is 0 Å². The molecule has 1 unspecified atom stereocenters. The minimum atomic E-state index is -2.12. The van der Waals surface area contributed by atoms with Crippen molar-refractivity contribution in [1.29, 1.82) is 0 Å². The van der Waals surface area contributed by atoms with Gasteiger partial charge in [-0.25, -0.2) is 0 Å². The third-order valence-electron chi connectivity index (χ3n) is 3.50. The summed E-state index contributed by atoms with van der Waals surface area (Å²) < 4.78 is 35.1. The van der Waals surface area contributed by atoms with E-state index in [9.17, 15) is 18.4 Å². The zero-order valence-corrected chi connectivity index (χ0v) is 12.5. The SMILES string of the molecule is CCOC(=O)[C@H]1[C@H](C(OC(C)=O)C(Cl)=C(F)F)C1(C)C. The number of halogens is 3. The van der Waals surface area contributed by atoms with Crippen LogP contribution in [0.25, 0.3) is 0 Å². The Kier molecular flexibility index (Phi) is 5.13. The minimum absolute atomic E-state index is 0.192. The van der Waals surface area contributed by atoms with E-state index in [2.05, 4.69) is 0 Å². The number of hydrogen-bond donors (Lipinski definition) is 0. The van der Waals surface area contributed by atoms with Crippen LogP contribution in [0.2, 0.25) is 0 Å². The summed E-state index contributed by atoms with van der Waals surface area (Å²) >= 11 is 5.54. The quantitative estimate of drug-likeness (QED) is 0.732. The predicted molar refractivity (Wildman–Crippen MR) is 68.0 cm³/mol. The van der Waals surface area contributed by atoms with E-state index < -0.39 is 46.4 Å². The van der Waals surface area contributed by atoms with Crippen LogP contribution in [-0.4, -0.2) is 24.6 Å². The van der Waals surface area contributed by atoms with Crippen LogP contribution in [-0.2, 0) is 19.1 Å². The van der Waals surface area contributed by atoms with E-state index in [0.717, 1.165) is 6.92 Å². The lowest BCUT2D eigenvalue weighted by Crippen LogP contribution is -2.23. The van der Waals surface area contributed by atoms with Crippen LogP contribution in [0.1, 0.15) is 27.7 Å². The second kappa shape index (κ2) is 6.08. The molecule has 0 aromatic heterocycles. The first-order chi connectivity index (χ1) is 9.14. The maximum absolute atomic E-state index is 12.7. The number of hydrogen-bond acceptors (Lipinski definition) is 4. The average molecular weight is 311 g/mol. The molecule has 0 saturated heterocycles. The molecule has 0 aromatic carbocycles. The molecule has 1 saturated carbocycles. The van der Waals surface area contributed by atoms with Gasteiger partial charge >= 0.3 is 11.9 Å². The van der Waals surface area contributed by atoms with Crippen molar-refractivity contribution in [3.05, 3.63) is 11.1 Å². The van der Waals surface area contributed by atoms with Gasteiger partial charge < -0.3 is 9.47 Å². The number of carbonyl (C=O) groups excluding carboxylic acids is 2. The molecule has 0 aliphatic heterocycles. The van der Waals surface area contributed by atoms with Crippen molar-refractivity contribution in [3.8, 4) is 0 Å². The Morgan fingerprint density at radius 2 is 1.90 bits per heavy atom. The molecule has 0 heterocycles. The first kappa shape index (κ1) is 16.9. The summed E-state index contributed by atoms with van der Waals surface area (Å²) in [6.45, 7) is 6.38. The second-order valence-electron chi connectivity index (χ2n) is 5.22. The van der Waals surface area contributed by atoms with E-state index in [4.69, 9.17) is 21.1 Å².